The minimum absolute atomic E-state index is 1.09. The normalized spacial score (nSPS) is 12.5. The molecule has 9 aromatic carbocycles. The van der Waals surface area contributed by atoms with Crippen LogP contribution in [-0.4, -0.2) is 13.1 Å². The van der Waals surface area contributed by atoms with Crippen molar-refractivity contribution in [3.63, 3.8) is 0 Å². The molecule has 0 spiro atoms. The van der Waals surface area contributed by atoms with Crippen LogP contribution in [-0.2, 0) is 0 Å². The molecule has 0 atom stereocenters. The fourth-order valence-corrected chi connectivity index (χ4v) is 16.2. The number of benzene rings is 9. The lowest BCUT2D eigenvalue weighted by molar-refractivity contribution is 1.28. The fourth-order valence-electron chi connectivity index (χ4n) is 9.99. The molecule has 0 bridgehead atoms. The molecule has 5 heteroatoms. The molecule has 0 saturated heterocycles. The van der Waals surface area contributed by atoms with Crippen LogP contribution < -0.4 is 30.5 Å². The Morgan fingerprint density at radius 2 is 0.812 bits per heavy atom. The fraction of sp³-hybridized carbons (Fsp3) is 0. The molecule has 0 fully saturated rings. The maximum absolute atomic E-state index is 4.41. The number of aromatic nitrogens is 1. The Morgan fingerprint density at radius 1 is 0.344 bits per heavy atom. The Hall–Kier alpha value is -7.83. The van der Waals surface area contributed by atoms with E-state index in [1.807, 2.05) is 29.8 Å². The molecule has 3 nitrogen and oxygen atoms in total. The molecule has 0 N–H and O–H groups in total. The zero-order valence-electron chi connectivity index (χ0n) is 34.9. The van der Waals surface area contributed by atoms with Crippen LogP contribution in [0.5, 0.6) is 0 Å². The van der Waals surface area contributed by atoms with E-state index in [0.717, 1.165) is 45.3 Å². The van der Waals surface area contributed by atoms with Gasteiger partial charge >= 0.3 is 0 Å². The van der Waals surface area contributed by atoms with Crippen LogP contribution in [0.1, 0.15) is 0 Å². The van der Waals surface area contributed by atoms with E-state index < -0.39 is 8.07 Å². The predicted octanol–water partition coefficient (Wildman–Crippen LogP) is 13.4. The van der Waals surface area contributed by atoms with E-state index in [-0.39, 0.29) is 0 Å². The predicted molar refractivity (Wildman–Crippen MR) is 275 cm³/mol. The first-order chi connectivity index (χ1) is 31.7. The number of rotatable bonds is 9. The smallest absolute Gasteiger partial charge is 0.180 e. The van der Waals surface area contributed by atoms with Crippen LogP contribution in [0.3, 0.4) is 0 Å². The van der Waals surface area contributed by atoms with Crippen LogP contribution in [0, 0.1) is 0 Å². The molecule has 1 aliphatic heterocycles. The summed E-state index contributed by atoms with van der Waals surface area (Å²) in [6, 6.07) is 87.3. The zero-order valence-corrected chi connectivity index (χ0v) is 36.7. The summed E-state index contributed by atoms with van der Waals surface area (Å²) in [6.07, 6.45) is 3.76. The number of anilines is 6. The summed E-state index contributed by atoms with van der Waals surface area (Å²) in [4.78, 5) is 9.23. The summed E-state index contributed by atoms with van der Waals surface area (Å²) >= 11 is 1.85. The summed E-state index contributed by atoms with van der Waals surface area (Å²) in [5.41, 5.74) is 11.5. The Kier molecular flexibility index (Phi) is 9.36. The lowest BCUT2D eigenvalue weighted by atomic mass is 10.0. The molecule has 0 unspecified atom stereocenters. The summed E-state index contributed by atoms with van der Waals surface area (Å²) in [5.74, 6) is 0. The van der Waals surface area contributed by atoms with Crippen LogP contribution in [0.2, 0.25) is 0 Å². The topological polar surface area (TPSA) is 19.4 Å². The largest absolute Gasteiger partial charge is 0.310 e. The maximum atomic E-state index is 4.41. The Labute approximate surface area is 378 Å². The molecule has 0 saturated carbocycles. The van der Waals surface area contributed by atoms with Gasteiger partial charge in [-0.1, -0.05) is 146 Å². The first-order valence-corrected chi connectivity index (χ1v) is 24.6. The van der Waals surface area contributed by atoms with E-state index in [9.17, 15) is 0 Å². The van der Waals surface area contributed by atoms with Crippen LogP contribution in [0.15, 0.2) is 249 Å². The minimum atomic E-state index is -2.80. The minimum Gasteiger partial charge on any atom is -0.310 e. The highest BCUT2D eigenvalue weighted by atomic mass is 32.1. The lowest BCUT2D eigenvalue weighted by Gasteiger charge is -2.32. The zero-order chi connectivity index (χ0) is 42.5. The Bertz CT molecular complexity index is 3350. The molecule has 64 heavy (non-hydrogen) atoms. The van der Waals surface area contributed by atoms with Crippen LogP contribution in [0.4, 0.5) is 34.1 Å². The van der Waals surface area contributed by atoms with Crippen LogP contribution in [0.25, 0.3) is 42.4 Å². The van der Waals surface area contributed by atoms with Gasteiger partial charge in [-0.25, -0.2) is 0 Å². The second-order valence-corrected chi connectivity index (χ2v) is 21.2. The maximum Gasteiger partial charge on any atom is 0.180 e. The number of nitrogens with zero attached hydrogens (tertiary/aromatic N) is 3. The van der Waals surface area contributed by atoms with Crippen molar-refractivity contribution >= 4 is 94.5 Å². The van der Waals surface area contributed by atoms with E-state index >= 15 is 0 Å². The van der Waals surface area contributed by atoms with E-state index in [4.69, 9.17) is 0 Å². The van der Waals surface area contributed by atoms with Gasteiger partial charge in [0.25, 0.3) is 0 Å². The lowest BCUT2D eigenvalue weighted by Crippen LogP contribution is -2.72. The SMILES string of the molecule is c1ccc(N(c2ccccc2)c2ccc3c(c2)-c2cc(N(c4ccc(-c5cccnc5)cc4)c4ccc5sc6ccccc6c5c4)ccc2[Si]3(c2ccccc2)c2ccccc2)cc1. The molecule has 0 aliphatic carbocycles. The summed E-state index contributed by atoms with van der Waals surface area (Å²) in [5, 5.41) is 8.12. The third-order valence-electron chi connectivity index (χ3n) is 12.8. The van der Waals surface area contributed by atoms with Crippen molar-refractivity contribution in [3.05, 3.63) is 249 Å². The summed E-state index contributed by atoms with van der Waals surface area (Å²) in [7, 11) is -2.80. The van der Waals surface area contributed by atoms with Gasteiger partial charge in [0.2, 0.25) is 0 Å². The van der Waals surface area contributed by atoms with Crippen molar-refractivity contribution in [3.8, 4) is 22.3 Å². The second-order valence-electron chi connectivity index (χ2n) is 16.4. The average Bonchev–Trinajstić information content (AvgIpc) is 3.89. The quantitative estimate of drug-likeness (QED) is 0.135. The number of fused-ring (bicyclic) bond motifs is 6. The highest BCUT2D eigenvalue weighted by molar-refractivity contribution is 7.25. The van der Waals surface area contributed by atoms with Crippen molar-refractivity contribution in [1.29, 1.82) is 0 Å². The Balaban J connectivity index is 1.11. The highest BCUT2D eigenvalue weighted by Gasteiger charge is 2.49. The van der Waals surface area contributed by atoms with Gasteiger partial charge in [0, 0.05) is 66.7 Å². The third-order valence-corrected chi connectivity index (χ3v) is 18.8. The van der Waals surface area contributed by atoms with Gasteiger partial charge in [-0.15, -0.1) is 11.3 Å². The first kappa shape index (κ1) is 37.9. The molecule has 3 heterocycles. The van der Waals surface area contributed by atoms with Crippen molar-refractivity contribution in [2.75, 3.05) is 9.80 Å². The van der Waals surface area contributed by atoms with Crippen LogP contribution >= 0.6 is 11.3 Å². The van der Waals surface area contributed by atoms with Gasteiger partial charge in [-0.2, -0.15) is 0 Å². The molecule has 1 aliphatic rings. The van der Waals surface area contributed by atoms with Gasteiger partial charge in [0.15, 0.2) is 8.07 Å². The molecule has 302 valence electrons. The number of thiophene rings is 1. The third kappa shape index (κ3) is 6.28. The van der Waals surface area contributed by atoms with Crippen molar-refractivity contribution < 1.29 is 0 Å². The van der Waals surface area contributed by atoms with E-state index in [1.54, 1.807) is 0 Å². The second kappa shape index (κ2) is 15.8. The summed E-state index contributed by atoms with van der Waals surface area (Å²) < 4.78 is 2.59. The van der Waals surface area contributed by atoms with Gasteiger partial charge in [0.05, 0.1) is 0 Å². The van der Waals surface area contributed by atoms with Crippen molar-refractivity contribution in [1.82, 2.24) is 4.98 Å². The highest BCUT2D eigenvalue weighted by Crippen LogP contribution is 2.44. The molecule has 0 amide bonds. The van der Waals surface area contributed by atoms with E-state index in [0.29, 0.717) is 0 Å². The molecular weight excluding hydrogens is 811 g/mol. The van der Waals surface area contributed by atoms with Gasteiger partial charge < -0.3 is 9.80 Å². The molecule has 0 radical (unpaired) electrons. The summed E-state index contributed by atoms with van der Waals surface area (Å²) in [6.45, 7) is 0. The molecule has 12 rings (SSSR count). The van der Waals surface area contributed by atoms with Gasteiger partial charge in [-0.05, 0) is 134 Å². The van der Waals surface area contributed by atoms with Crippen molar-refractivity contribution in [2.45, 2.75) is 0 Å². The average molecular weight is 852 g/mol. The monoisotopic (exact) mass is 851 g/mol. The van der Waals surface area contributed by atoms with Gasteiger partial charge in [-0.3, -0.25) is 4.98 Å². The number of hydrogen-bond donors (Lipinski definition) is 0. The number of hydrogen-bond acceptors (Lipinski definition) is 4. The Morgan fingerprint density at radius 3 is 1.39 bits per heavy atom. The first-order valence-electron chi connectivity index (χ1n) is 21.8. The van der Waals surface area contributed by atoms with Gasteiger partial charge in [0.1, 0.15) is 0 Å². The van der Waals surface area contributed by atoms with E-state index in [1.165, 1.54) is 52.0 Å². The molecule has 11 aromatic rings. The molecule has 2 aromatic heterocycles. The van der Waals surface area contributed by atoms with Crippen molar-refractivity contribution in [2.24, 2.45) is 0 Å². The standard InChI is InChI=1S/C59H41N3SSi/c1-5-17-44(18-6-1)61(45-19-7-2-8-20-45)48-32-35-58-54(39-48)55-40-49(33-36-59(55)64(58,50-21-9-3-10-22-50)51-23-11-4-12-24-51)62(46-29-27-42(28-30-46)43-16-15-37-60-41-43)47-31-34-57-53(38-47)52-25-13-14-26-56(52)63-57/h1-41H. The van der Waals surface area contributed by atoms with E-state index in [2.05, 4.69) is 245 Å². The number of para-hydroxylation sites is 2. The molecular formula is C59H41N3SSi. The number of pyridine rings is 1.